The Hall–Kier alpha value is -2.94. The zero-order chi connectivity index (χ0) is 17.3. The first-order valence-electron chi connectivity index (χ1n) is 8.66. The topological polar surface area (TPSA) is 21.9 Å². The second-order valence-electron chi connectivity index (χ2n) is 7.03. The lowest BCUT2D eigenvalue weighted by Gasteiger charge is -2.07. The monoisotopic (exact) mass is 326 g/mol. The van der Waals surface area contributed by atoms with Crippen molar-refractivity contribution in [1.82, 2.24) is 9.55 Å². The Morgan fingerprint density at radius 1 is 0.920 bits per heavy atom. The molecule has 2 aromatic carbocycles. The summed E-state index contributed by atoms with van der Waals surface area (Å²) in [5.41, 5.74) is 9.60. The summed E-state index contributed by atoms with van der Waals surface area (Å²) in [7, 11) is 2.16. The molecule has 0 N–H and O–H groups in total. The summed E-state index contributed by atoms with van der Waals surface area (Å²) in [6.45, 7) is 6.41. The largest absolute Gasteiger partial charge is 0.297 e. The summed E-state index contributed by atoms with van der Waals surface area (Å²) in [6, 6.07) is 17.4. The average molecular weight is 326 g/mol. The van der Waals surface area contributed by atoms with Crippen LogP contribution in [0.5, 0.6) is 0 Å². The zero-order valence-corrected chi connectivity index (χ0v) is 15.0. The molecule has 5 aromatic rings. The fourth-order valence-corrected chi connectivity index (χ4v) is 4.18. The maximum atomic E-state index is 4.92. The molecule has 0 spiro atoms. The Balaban J connectivity index is 2.25. The number of pyridine rings is 2. The number of imidazole rings is 1. The van der Waals surface area contributed by atoms with E-state index >= 15 is 0 Å². The Bertz CT molecular complexity index is 1330. The van der Waals surface area contributed by atoms with Gasteiger partial charge >= 0.3 is 0 Å². The first-order chi connectivity index (χ1) is 12.1. The predicted octanol–water partition coefficient (Wildman–Crippen LogP) is 4.54. The molecule has 0 fully saturated rings. The van der Waals surface area contributed by atoms with Crippen molar-refractivity contribution in [3.05, 3.63) is 65.4 Å². The van der Waals surface area contributed by atoms with Gasteiger partial charge in [0.15, 0.2) is 11.0 Å². The van der Waals surface area contributed by atoms with Gasteiger partial charge in [-0.3, -0.25) is 4.98 Å². The molecular weight excluding hydrogens is 306 g/mol. The van der Waals surface area contributed by atoms with Crippen molar-refractivity contribution in [3.63, 3.8) is 0 Å². The van der Waals surface area contributed by atoms with E-state index in [9.17, 15) is 0 Å². The molecule has 0 aliphatic carbocycles. The third kappa shape index (κ3) is 1.81. The summed E-state index contributed by atoms with van der Waals surface area (Å²) in [6.07, 6.45) is 0. The van der Waals surface area contributed by atoms with Gasteiger partial charge in [0.25, 0.3) is 5.65 Å². The average Bonchev–Trinajstić information content (AvgIpc) is 2.87. The van der Waals surface area contributed by atoms with Gasteiger partial charge in [0, 0.05) is 11.1 Å². The molecule has 0 aliphatic heterocycles. The lowest BCUT2D eigenvalue weighted by atomic mass is 10.1. The quantitative estimate of drug-likeness (QED) is 0.302. The van der Waals surface area contributed by atoms with Gasteiger partial charge in [-0.15, -0.1) is 0 Å². The first kappa shape index (κ1) is 14.4. The fourth-order valence-electron chi connectivity index (χ4n) is 4.18. The SMILES string of the molecule is Cc1ccc2c(c1)n(C)c1c3c(C)cc(C)nc3c3ccccc3[n+]21. The minimum Gasteiger partial charge on any atom is -0.252 e. The number of benzene rings is 2. The van der Waals surface area contributed by atoms with E-state index in [1.165, 1.54) is 44.1 Å². The van der Waals surface area contributed by atoms with Crippen LogP contribution in [0.1, 0.15) is 16.8 Å². The highest BCUT2D eigenvalue weighted by Crippen LogP contribution is 2.30. The minimum absolute atomic E-state index is 1.06. The Kier molecular flexibility index (Phi) is 2.76. The Morgan fingerprint density at radius 3 is 2.56 bits per heavy atom. The summed E-state index contributed by atoms with van der Waals surface area (Å²) in [5, 5.41) is 2.44. The number of hydrogen-bond donors (Lipinski definition) is 0. The number of fused-ring (bicyclic) bond motifs is 8. The van der Waals surface area contributed by atoms with Crippen LogP contribution in [0.25, 0.3) is 38.5 Å². The van der Waals surface area contributed by atoms with Gasteiger partial charge in [-0.25, -0.2) is 4.57 Å². The minimum atomic E-state index is 1.06. The Morgan fingerprint density at radius 2 is 1.72 bits per heavy atom. The van der Waals surface area contributed by atoms with E-state index in [2.05, 4.69) is 85.3 Å². The molecule has 0 bridgehead atoms. The van der Waals surface area contributed by atoms with Gasteiger partial charge in [0.2, 0.25) is 0 Å². The predicted molar refractivity (Wildman–Crippen MR) is 103 cm³/mol. The molecule has 0 amide bonds. The lowest BCUT2D eigenvalue weighted by Crippen LogP contribution is -2.23. The van der Waals surface area contributed by atoms with Crippen LogP contribution >= 0.6 is 0 Å². The maximum Gasteiger partial charge on any atom is 0.297 e. The second-order valence-corrected chi connectivity index (χ2v) is 7.03. The highest BCUT2D eigenvalue weighted by molar-refractivity contribution is 6.09. The van der Waals surface area contributed by atoms with Crippen molar-refractivity contribution < 1.29 is 4.40 Å². The number of rotatable bonds is 0. The molecule has 0 aliphatic rings. The van der Waals surface area contributed by atoms with Gasteiger partial charge in [-0.2, -0.15) is 4.40 Å². The van der Waals surface area contributed by atoms with Crippen LogP contribution in [0.4, 0.5) is 0 Å². The van der Waals surface area contributed by atoms with E-state index in [-0.39, 0.29) is 0 Å². The van der Waals surface area contributed by atoms with Crippen LogP contribution < -0.4 is 4.40 Å². The molecule has 5 rings (SSSR count). The molecule has 25 heavy (non-hydrogen) atoms. The van der Waals surface area contributed by atoms with Crippen molar-refractivity contribution in [2.24, 2.45) is 7.05 Å². The smallest absolute Gasteiger partial charge is 0.252 e. The van der Waals surface area contributed by atoms with E-state index in [1.807, 2.05) is 0 Å². The van der Waals surface area contributed by atoms with Gasteiger partial charge in [-0.1, -0.05) is 18.2 Å². The Labute approximate surface area is 146 Å². The number of aromatic nitrogens is 3. The lowest BCUT2D eigenvalue weighted by molar-refractivity contribution is -0.449. The molecule has 3 nitrogen and oxygen atoms in total. The highest BCUT2D eigenvalue weighted by atomic mass is 15.1. The van der Waals surface area contributed by atoms with Crippen molar-refractivity contribution in [1.29, 1.82) is 0 Å². The first-order valence-corrected chi connectivity index (χ1v) is 8.66. The van der Waals surface area contributed by atoms with Gasteiger partial charge in [0.1, 0.15) is 5.52 Å². The van der Waals surface area contributed by atoms with Crippen molar-refractivity contribution in [2.45, 2.75) is 20.8 Å². The number of para-hydroxylation sites is 1. The maximum absolute atomic E-state index is 4.92. The van der Waals surface area contributed by atoms with Crippen LogP contribution in [0.2, 0.25) is 0 Å². The van der Waals surface area contributed by atoms with E-state index < -0.39 is 0 Å². The van der Waals surface area contributed by atoms with E-state index in [0.717, 1.165) is 11.2 Å². The van der Waals surface area contributed by atoms with Crippen molar-refractivity contribution >= 4 is 38.5 Å². The molecule has 0 radical (unpaired) electrons. The molecule has 3 heteroatoms. The molecule has 3 aromatic heterocycles. The molecular formula is C22H20N3+. The summed E-state index contributed by atoms with van der Waals surface area (Å²) in [4.78, 5) is 4.92. The molecule has 0 atom stereocenters. The van der Waals surface area contributed by atoms with Crippen LogP contribution in [0.15, 0.2) is 48.5 Å². The third-order valence-corrected chi connectivity index (χ3v) is 5.23. The number of nitrogens with zero attached hydrogens (tertiary/aromatic N) is 3. The number of hydrogen-bond acceptors (Lipinski definition) is 1. The standard InChI is InChI=1S/C22H20N3/c1-13-9-10-18-19(11-13)24(4)22-20-14(2)12-15(3)23-21(20)16-7-5-6-8-17(16)25(18)22/h5-12H,1-4H3/q+1. The van der Waals surface area contributed by atoms with Crippen molar-refractivity contribution in [3.8, 4) is 0 Å². The summed E-state index contributed by atoms with van der Waals surface area (Å²) < 4.78 is 4.69. The highest BCUT2D eigenvalue weighted by Gasteiger charge is 2.24. The van der Waals surface area contributed by atoms with Gasteiger partial charge in [-0.05, 0) is 62.2 Å². The molecule has 0 saturated heterocycles. The van der Waals surface area contributed by atoms with Crippen molar-refractivity contribution in [2.75, 3.05) is 0 Å². The van der Waals surface area contributed by atoms with Gasteiger partial charge < -0.3 is 0 Å². The summed E-state index contributed by atoms with van der Waals surface area (Å²) in [5.74, 6) is 0. The summed E-state index contributed by atoms with van der Waals surface area (Å²) >= 11 is 0. The van der Waals surface area contributed by atoms with E-state index in [4.69, 9.17) is 4.98 Å². The van der Waals surface area contributed by atoms with E-state index in [0.29, 0.717) is 0 Å². The van der Waals surface area contributed by atoms with Crippen LogP contribution in [-0.2, 0) is 7.05 Å². The van der Waals surface area contributed by atoms with Crippen LogP contribution in [-0.4, -0.2) is 9.55 Å². The van der Waals surface area contributed by atoms with Crippen LogP contribution in [0.3, 0.4) is 0 Å². The van der Waals surface area contributed by atoms with E-state index in [1.54, 1.807) is 0 Å². The molecule has 122 valence electrons. The molecule has 0 saturated carbocycles. The molecule has 3 heterocycles. The fraction of sp³-hybridized carbons (Fsp3) is 0.182. The normalized spacial score (nSPS) is 12.0. The molecule has 0 unspecified atom stereocenters. The second kappa shape index (κ2) is 4.79. The van der Waals surface area contributed by atoms with Crippen LogP contribution in [0, 0.1) is 20.8 Å². The third-order valence-electron chi connectivity index (χ3n) is 5.23. The van der Waals surface area contributed by atoms with Gasteiger partial charge in [0.05, 0.1) is 18.0 Å². The zero-order valence-electron chi connectivity index (χ0n) is 15.0. The number of aryl methyl sites for hydroxylation is 4.